The third-order valence-electron chi connectivity index (χ3n) is 5.71. The molecule has 0 aromatic heterocycles. The monoisotopic (exact) mass is 362 g/mol. The predicted molar refractivity (Wildman–Crippen MR) is 104 cm³/mol. The largest absolute Gasteiger partial charge is 0.507 e. The zero-order valence-corrected chi connectivity index (χ0v) is 17.1. The van der Waals surface area contributed by atoms with Gasteiger partial charge in [-0.3, -0.25) is 0 Å². The first-order chi connectivity index (χ1) is 12.3. The zero-order chi connectivity index (χ0) is 19.4. The molecule has 0 spiro atoms. The standard InChI is InChI=1S/C16H22O3.C6H12O/c1-5-6-9(2)13-8-12-10(3)7-11(4)15(17)14(12)16(18)19-13;1-3-5(2)6-4-7-6/h7,9,13,17H,5-6,8H2,1-4H3;5-6H,3-4H2,1-2H3. The summed E-state index contributed by atoms with van der Waals surface area (Å²) in [4.78, 5) is 12.1. The minimum absolute atomic E-state index is 0.0687. The zero-order valence-electron chi connectivity index (χ0n) is 17.1. The molecule has 1 saturated heterocycles. The summed E-state index contributed by atoms with van der Waals surface area (Å²) in [6.07, 6.45) is 4.64. The SMILES string of the molecule is CCC(C)C1CO1.CCCC(C)C1Cc2c(C)cc(C)c(O)c2C(=O)O1. The number of benzene rings is 1. The van der Waals surface area contributed by atoms with Gasteiger partial charge in [0.2, 0.25) is 0 Å². The Morgan fingerprint density at radius 3 is 2.31 bits per heavy atom. The average molecular weight is 363 g/mol. The fraction of sp³-hybridized carbons (Fsp3) is 0.682. The Balaban J connectivity index is 0.000000290. The van der Waals surface area contributed by atoms with Crippen LogP contribution in [0, 0.1) is 25.7 Å². The lowest BCUT2D eigenvalue weighted by atomic mass is 9.86. The van der Waals surface area contributed by atoms with Crippen LogP contribution in [-0.4, -0.2) is 29.9 Å². The van der Waals surface area contributed by atoms with Gasteiger partial charge in [0.15, 0.2) is 0 Å². The molecule has 1 N–H and O–H groups in total. The van der Waals surface area contributed by atoms with Crippen LogP contribution in [0.2, 0.25) is 0 Å². The van der Waals surface area contributed by atoms with Crippen LogP contribution in [0.25, 0.3) is 0 Å². The molecule has 1 aromatic rings. The summed E-state index contributed by atoms with van der Waals surface area (Å²) in [5.41, 5.74) is 3.12. The second-order valence-corrected chi connectivity index (χ2v) is 7.88. The third kappa shape index (κ3) is 4.79. The van der Waals surface area contributed by atoms with Gasteiger partial charge >= 0.3 is 5.97 Å². The molecule has 2 heterocycles. The summed E-state index contributed by atoms with van der Waals surface area (Å²) >= 11 is 0. The molecule has 0 saturated carbocycles. The van der Waals surface area contributed by atoms with E-state index in [1.165, 1.54) is 6.42 Å². The van der Waals surface area contributed by atoms with Crippen LogP contribution in [-0.2, 0) is 15.9 Å². The number of aryl methyl sites for hydroxylation is 2. The molecule has 0 amide bonds. The van der Waals surface area contributed by atoms with Crippen LogP contribution in [0.3, 0.4) is 0 Å². The summed E-state index contributed by atoms with van der Waals surface area (Å²) in [5, 5.41) is 10.1. The molecule has 2 aliphatic heterocycles. The Hall–Kier alpha value is -1.55. The number of rotatable bonds is 5. The second kappa shape index (κ2) is 8.90. The fourth-order valence-corrected chi connectivity index (χ4v) is 3.55. The number of carbonyl (C=O) groups is 1. The number of cyclic esters (lactones) is 1. The summed E-state index contributed by atoms with van der Waals surface area (Å²) < 4.78 is 10.6. The molecular weight excluding hydrogens is 328 g/mol. The summed E-state index contributed by atoms with van der Waals surface area (Å²) in [7, 11) is 0. The highest BCUT2D eigenvalue weighted by Gasteiger charge is 2.33. The van der Waals surface area contributed by atoms with E-state index in [2.05, 4.69) is 27.7 Å². The van der Waals surface area contributed by atoms with Gasteiger partial charge in [-0.15, -0.1) is 0 Å². The molecule has 4 unspecified atom stereocenters. The normalized spacial score (nSPS) is 23.2. The highest BCUT2D eigenvalue weighted by molar-refractivity contribution is 5.96. The van der Waals surface area contributed by atoms with Gasteiger partial charge in [0, 0.05) is 6.42 Å². The van der Waals surface area contributed by atoms with Crippen molar-refractivity contribution >= 4 is 5.97 Å². The van der Waals surface area contributed by atoms with Gasteiger partial charge in [0.1, 0.15) is 17.4 Å². The van der Waals surface area contributed by atoms with Gasteiger partial charge in [0.05, 0.1) is 12.7 Å². The third-order valence-corrected chi connectivity index (χ3v) is 5.71. The van der Waals surface area contributed by atoms with Gasteiger partial charge in [-0.05, 0) is 48.8 Å². The summed E-state index contributed by atoms with van der Waals surface area (Å²) in [5.74, 6) is 0.843. The fourth-order valence-electron chi connectivity index (χ4n) is 3.55. The first-order valence-corrected chi connectivity index (χ1v) is 9.94. The summed E-state index contributed by atoms with van der Waals surface area (Å²) in [6, 6.07) is 1.94. The number of ether oxygens (including phenoxy) is 2. The first-order valence-electron chi connectivity index (χ1n) is 9.94. The number of aromatic hydroxyl groups is 1. The van der Waals surface area contributed by atoms with Gasteiger partial charge in [-0.2, -0.15) is 0 Å². The Labute approximate surface area is 157 Å². The maximum Gasteiger partial charge on any atom is 0.342 e. The lowest BCUT2D eigenvalue weighted by Gasteiger charge is -2.30. The highest BCUT2D eigenvalue weighted by atomic mass is 16.6. The van der Waals surface area contributed by atoms with Crippen LogP contribution < -0.4 is 0 Å². The van der Waals surface area contributed by atoms with Crippen molar-refractivity contribution in [1.29, 1.82) is 0 Å². The van der Waals surface area contributed by atoms with Crippen molar-refractivity contribution in [3.05, 3.63) is 28.3 Å². The Kier molecular flexibility index (Phi) is 7.10. The lowest BCUT2D eigenvalue weighted by Crippen LogP contribution is -2.33. The van der Waals surface area contributed by atoms with E-state index in [1.54, 1.807) is 0 Å². The minimum atomic E-state index is -0.376. The van der Waals surface area contributed by atoms with E-state index in [-0.39, 0.29) is 17.8 Å². The van der Waals surface area contributed by atoms with Crippen molar-refractivity contribution < 1.29 is 19.4 Å². The van der Waals surface area contributed by atoms with Crippen LogP contribution in [0.15, 0.2) is 6.07 Å². The van der Waals surface area contributed by atoms with Crippen molar-refractivity contribution in [1.82, 2.24) is 0 Å². The van der Waals surface area contributed by atoms with Gasteiger partial charge < -0.3 is 14.6 Å². The van der Waals surface area contributed by atoms with Crippen molar-refractivity contribution in [3.63, 3.8) is 0 Å². The van der Waals surface area contributed by atoms with E-state index in [9.17, 15) is 9.90 Å². The highest BCUT2D eigenvalue weighted by Crippen LogP contribution is 2.35. The smallest absolute Gasteiger partial charge is 0.342 e. The van der Waals surface area contributed by atoms with Crippen LogP contribution in [0.1, 0.15) is 74.0 Å². The molecule has 2 aliphatic rings. The first kappa shape index (κ1) is 20.8. The molecule has 0 radical (unpaired) electrons. The number of fused-ring (bicyclic) bond motifs is 1. The second-order valence-electron chi connectivity index (χ2n) is 7.88. The number of hydrogen-bond donors (Lipinski definition) is 1. The molecule has 146 valence electrons. The number of hydrogen-bond acceptors (Lipinski definition) is 4. The number of epoxide rings is 1. The molecule has 4 nitrogen and oxygen atoms in total. The van der Waals surface area contributed by atoms with Crippen molar-refractivity contribution in [2.75, 3.05) is 6.61 Å². The van der Waals surface area contributed by atoms with E-state index in [1.807, 2.05) is 19.9 Å². The lowest BCUT2D eigenvalue weighted by molar-refractivity contribution is 0.00950. The maximum absolute atomic E-state index is 12.1. The molecule has 0 aliphatic carbocycles. The molecule has 26 heavy (non-hydrogen) atoms. The van der Waals surface area contributed by atoms with Crippen LogP contribution in [0.4, 0.5) is 0 Å². The number of carbonyl (C=O) groups excluding carboxylic acids is 1. The van der Waals surface area contributed by atoms with E-state index in [4.69, 9.17) is 9.47 Å². The molecule has 1 fully saturated rings. The molecule has 4 atom stereocenters. The van der Waals surface area contributed by atoms with Crippen molar-refractivity contribution in [2.24, 2.45) is 11.8 Å². The van der Waals surface area contributed by atoms with Gasteiger partial charge in [-0.25, -0.2) is 4.79 Å². The topological polar surface area (TPSA) is 59.1 Å². The Morgan fingerprint density at radius 1 is 1.15 bits per heavy atom. The van der Waals surface area contributed by atoms with Crippen LogP contribution in [0.5, 0.6) is 5.75 Å². The number of esters is 1. The molecular formula is C22H34O4. The van der Waals surface area contributed by atoms with E-state index in [0.717, 1.165) is 42.1 Å². The van der Waals surface area contributed by atoms with E-state index >= 15 is 0 Å². The molecule has 4 heteroatoms. The Bertz CT molecular complexity index is 634. The average Bonchev–Trinajstić information content (AvgIpc) is 3.44. The quantitative estimate of drug-likeness (QED) is 0.594. The Morgan fingerprint density at radius 2 is 1.81 bits per heavy atom. The van der Waals surface area contributed by atoms with E-state index in [0.29, 0.717) is 24.0 Å². The van der Waals surface area contributed by atoms with E-state index < -0.39 is 0 Å². The van der Waals surface area contributed by atoms with Crippen molar-refractivity contribution in [2.45, 2.75) is 79.4 Å². The predicted octanol–water partition coefficient (Wildman–Crippen LogP) is 4.96. The van der Waals surface area contributed by atoms with Crippen molar-refractivity contribution in [3.8, 4) is 5.75 Å². The summed E-state index contributed by atoms with van der Waals surface area (Å²) in [6.45, 7) is 13.5. The van der Waals surface area contributed by atoms with Crippen LogP contribution >= 0.6 is 0 Å². The molecule has 3 rings (SSSR count). The minimum Gasteiger partial charge on any atom is -0.507 e. The number of phenols is 1. The number of phenolic OH excluding ortho intramolecular Hbond substituents is 1. The maximum atomic E-state index is 12.1. The molecule has 1 aromatic carbocycles. The molecule has 0 bridgehead atoms. The van der Waals surface area contributed by atoms with Gasteiger partial charge in [-0.1, -0.05) is 46.6 Å². The van der Waals surface area contributed by atoms with Gasteiger partial charge in [0.25, 0.3) is 0 Å².